The number of halogens is 3. The zero-order chi connectivity index (χ0) is 19.9. The molecule has 0 aliphatic carbocycles. The standard InChI is InChI=1S/C21H16ClF2N3O/c1-13-19-17(21(22,23)24)12-18(14-8-10-16(28-2)11-9-14)25-20(19)27(26-13)15-6-4-3-5-7-15/h3-12H,1-2H3. The van der Waals surface area contributed by atoms with Crippen LogP contribution in [-0.4, -0.2) is 21.9 Å². The van der Waals surface area contributed by atoms with E-state index in [-0.39, 0.29) is 10.9 Å². The monoisotopic (exact) mass is 399 g/mol. The average Bonchev–Trinajstić information content (AvgIpc) is 3.04. The van der Waals surface area contributed by atoms with Crippen molar-refractivity contribution in [3.8, 4) is 22.7 Å². The Morgan fingerprint density at radius 2 is 1.71 bits per heavy atom. The fourth-order valence-corrected chi connectivity index (χ4v) is 3.32. The summed E-state index contributed by atoms with van der Waals surface area (Å²) in [6.45, 7) is 1.67. The fourth-order valence-electron chi connectivity index (χ4n) is 3.17. The van der Waals surface area contributed by atoms with Crippen molar-refractivity contribution in [1.82, 2.24) is 14.8 Å². The molecule has 0 unspecified atom stereocenters. The van der Waals surface area contributed by atoms with E-state index in [4.69, 9.17) is 16.3 Å². The molecule has 0 atom stereocenters. The molecule has 2 aromatic carbocycles. The van der Waals surface area contributed by atoms with Gasteiger partial charge in [-0.25, -0.2) is 9.67 Å². The van der Waals surface area contributed by atoms with Gasteiger partial charge >= 0.3 is 5.38 Å². The van der Waals surface area contributed by atoms with Crippen LogP contribution in [0, 0.1) is 6.92 Å². The van der Waals surface area contributed by atoms with E-state index in [2.05, 4.69) is 10.1 Å². The Morgan fingerprint density at radius 3 is 2.32 bits per heavy atom. The smallest absolute Gasteiger partial charge is 0.349 e. The number of nitrogens with zero attached hydrogens (tertiary/aromatic N) is 3. The van der Waals surface area contributed by atoms with E-state index in [1.165, 1.54) is 6.07 Å². The van der Waals surface area contributed by atoms with E-state index in [1.54, 1.807) is 43.0 Å². The van der Waals surface area contributed by atoms with E-state index < -0.39 is 5.38 Å². The van der Waals surface area contributed by atoms with Gasteiger partial charge < -0.3 is 4.74 Å². The van der Waals surface area contributed by atoms with Crippen LogP contribution in [-0.2, 0) is 5.38 Å². The first-order chi connectivity index (χ1) is 13.4. The molecular formula is C21H16ClF2N3O. The number of rotatable bonds is 4. The van der Waals surface area contributed by atoms with Gasteiger partial charge in [-0.15, -0.1) is 0 Å². The first-order valence-electron chi connectivity index (χ1n) is 8.56. The summed E-state index contributed by atoms with van der Waals surface area (Å²) in [6.07, 6.45) is 0. The Bertz CT molecular complexity index is 1140. The Balaban J connectivity index is 2.02. The molecule has 7 heteroatoms. The molecule has 4 nitrogen and oxygen atoms in total. The number of methoxy groups -OCH3 is 1. The molecule has 0 N–H and O–H groups in total. The van der Waals surface area contributed by atoms with Crippen molar-refractivity contribution in [2.24, 2.45) is 0 Å². The molecule has 2 heterocycles. The maximum Gasteiger partial charge on any atom is 0.349 e. The van der Waals surface area contributed by atoms with Crippen LogP contribution in [0.5, 0.6) is 5.75 Å². The van der Waals surface area contributed by atoms with Crippen LogP contribution in [0.4, 0.5) is 8.78 Å². The quantitative estimate of drug-likeness (QED) is 0.414. The van der Waals surface area contributed by atoms with Crippen molar-refractivity contribution >= 4 is 22.6 Å². The van der Waals surface area contributed by atoms with E-state index in [0.717, 1.165) is 5.69 Å². The van der Waals surface area contributed by atoms with Crippen LogP contribution < -0.4 is 4.74 Å². The average molecular weight is 400 g/mol. The number of fused-ring (bicyclic) bond motifs is 1. The van der Waals surface area contributed by atoms with Crippen molar-refractivity contribution in [3.63, 3.8) is 0 Å². The molecule has 142 valence electrons. The van der Waals surface area contributed by atoms with Crippen LogP contribution in [0.15, 0.2) is 60.7 Å². The summed E-state index contributed by atoms with van der Waals surface area (Å²) < 4.78 is 35.3. The highest BCUT2D eigenvalue weighted by atomic mass is 35.5. The molecule has 4 aromatic rings. The summed E-state index contributed by atoms with van der Waals surface area (Å²) in [4.78, 5) is 4.64. The number of hydrogen-bond donors (Lipinski definition) is 0. The SMILES string of the molecule is COc1ccc(-c2cc(C(F)(F)Cl)c3c(C)nn(-c4ccccc4)c3n2)cc1. The predicted octanol–water partition coefficient (Wildman–Crippen LogP) is 5.69. The van der Waals surface area contributed by atoms with Gasteiger partial charge in [0.15, 0.2) is 5.65 Å². The molecule has 0 saturated carbocycles. The molecular weight excluding hydrogens is 384 g/mol. The number of aromatic nitrogens is 3. The summed E-state index contributed by atoms with van der Waals surface area (Å²) in [6, 6.07) is 17.6. The molecule has 0 bridgehead atoms. The first-order valence-corrected chi connectivity index (χ1v) is 8.93. The maximum absolute atomic E-state index is 14.3. The van der Waals surface area contributed by atoms with Crippen LogP contribution in [0.2, 0.25) is 0 Å². The predicted molar refractivity (Wildman–Crippen MR) is 105 cm³/mol. The van der Waals surface area contributed by atoms with Crippen molar-refractivity contribution in [2.75, 3.05) is 7.11 Å². The van der Waals surface area contributed by atoms with Gasteiger partial charge in [-0.05, 0) is 61.0 Å². The molecule has 2 aromatic heterocycles. The van der Waals surface area contributed by atoms with Crippen LogP contribution in [0.25, 0.3) is 28.0 Å². The number of pyridine rings is 1. The molecule has 0 amide bonds. The second-order valence-electron chi connectivity index (χ2n) is 6.31. The number of ether oxygens (including phenoxy) is 1. The van der Waals surface area contributed by atoms with Gasteiger partial charge in [0.2, 0.25) is 0 Å². The Kier molecular flexibility index (Phi) is 4.51. The molecule has 0 fully saturated rings. The second-order valence-corrected chi connectivity index (χ2v) is 6.79. The minimum atomic E-state index is -3.56. The summed E-state index contributed by atoms with van der Waals surface area (Å²) in [5.41, 5.74) is 2.22. The van der Waals surface area contributed by atoms with E-state index >= 15 is 0 Å². The van der Waals surface area contributed by atoms with Gasteiger partial charge in [0.25, 0.3) is 0 Å². The summed E-state index contributed by atoms with van der Waals surface area (Å²) in [7, 11) is 1.56. The summed E-state index contributed by atoms with van der Waals surface area (Å²) >= 11 is 5.45. The maximum atomic E-state index is 14.3. The zero-order valence-electron chi connectivity index (χ0n) is 15.2. The first kappa shape index (κ1) is 18.4. The zero-order valence-corrected chi connectivity index (χ0v) is 15.9. The van der Waals surface area contributed by atoms with E-state index in [1.807, 2.05) is 30.3 Å². The van der Waals surface area contributed by atoms with E-state index in [9.17, 15) is 8.78 Å². The summed E-state index contributed by atoms with van der Waals surface area (Å²) in [5.74, 6) is 0.665. The highest BCUT2D eigenvalue weighted by Crippen LogP contribution is 2.40. The normalized spacial score (nSPS) is 11.8. The molecule has 0 spiro atoms. The van der Waals surface area contributed by atoms with Crippen molar-refractivity contribution < 1.29 is 13.5 Å². The Labute approximate surface area is 165 Å². The van der Waals surface area contributed by atoms with Gasteiger partial charge in [-0.2, -0.15) is 13.9 Å². The molecule has 0 saturated heterocycles. The van der Waals surface area contributed by atoms with Gasteiger partial charge in [0, 0.05) is 5.56 Å². The minimum absolute atomic E-state index is 0.251. The number of hydrogen-bond acceptors (Lipinski definition) is 3. The number of para-hydroxylation sites is 1. The lowest BCUT2D eigenvalue weighted by atomic mass is 10.1. The lowest BCUT2D eigenvalue weighted by Crippen LogP contribution is -2.06. The molecule has 0 aliphatic heterocycles. The number of aryl methyl sites for hydroxylation is 1. The van der Waals surface area contributed by atoms with Crippen LogP contribution in [0.1, 0.15) is 11.3 Å². The summed E-state index contributed by atoms with van der Waals surface area (Å²) in [5, 5.41) is 1.13. The minimum Gasteiger partial charge on any atom is -0.497 e. The van der Waals surface area contributed by atoms with Gasteiger partial charge in [-0.3, -0.25) is 0 Å². The Morgan fingerprint density at radius 1 is 1.04 bits per heavy atom. The highest BCUT2D eigenvalue weighted by molar-refractivity contribution is 6.22. The third-order valence-corrected chi connectivity index (χ3v) is 4.71. The lowest BCUT2D eigenvalue weighted by molar-refractivity contribution is 0.0968. The van der Waals surface area contributed by atoms with Crippen molar-refractivity contribution in [1.29, 1.82) is 0 Å². The Hall–Kier alpha value is -2.99. The van der Waals surface area contributed by atoms with Gasteiger partial charge in [0.1, 0.15) is 5.75 Å². The van der Waals surface area contributed by atoms with Crippen LogP contribution in [0.3, 0.4) is 0 Å². The second kappa shape index (κ2) is 6.87. The third-order valence-electron chi connectivity index (χ3n) is 4.50. The number of benzene rings is 2. The van der Waals surface area contributed by atoms with E-state index in [0.29, 0.717) is 28.3 Å². The lowest BCUT2D eigenvalue weighted by Gasteiger charge is -2.13. The molecule has 0 aliphatic rings. The molecule has 4 rings (SSSR count). The fraction of sp³-hybridized carbons (Fsp3) is 0.143. The van der Waals surface area contributed by atoms with Gasteiger partial charge in [-0.1, -0.05) is 18.2 Å². The number of alkyl halides is 3. The van der Waals surface area contributed by atoms with Crippen LogP contribution >= 0.6 is 11.6 Å². The molecule has 0 radical (unpaired) electrons. The van der Waals surface area contributed by atoms with Gasteiger partial charge in [0.05, 0.1) is 35.1 Å². The third kappa shape index (κ3) is 3.20. The largest absolute Gasteiger partial charge is 0.497 e. The van der Waals surface area contributed by atoms with Crippen molar-refractivity contribution in [2.45, 2.75) is 12.3 Å². The topological polar surface area (TPSA) is 39.9 Å². The van der Waals surface area contributed by atoms with Crippen molar-refractivity contribution in [3.05, 3.63) is 71.9 Å². The highest BCUT2D eigenvalue weighted by Gasteiger charge is 2.33. The molecule has 28 heavy (non-hydrogen) atoms.